The van der Waals surface area contributed by atoms with E-state index in [0.717, 1.165) is 0 Å². The van der Waals surface area contributed by atoms with Crippen LogP contribution >= 0.6 is 11.8 Å². The number of rotatable bonds is 6. The summed E-state index contributed by atoms with van der Waals surface area (Å²) in [6.45, 7) is 9.39. The van der Waals surface area contributed by atoms with Gasteiger partial charge in [0.25, 0.3) is 0 Å². The lowest BCUT2D eigenvalue weighted by molar-refractivity contribution is -0.126. The SMILES string of the molecule is C=CCn1c(SC(C)C(=O)N2c3ccccc3NC(=O)C2(C)C)nnc1C1CCS(=O)(=O)C1. The van der Waals surface area contributed by atoms with Gasteiger partial charge in [-0.05, 0) is 39.3 Å². The van der Waals surface area contributed by atoms with E-state index in [4.69, 9.17) is 0 Å². The number of allylic oxidation sites excluding steroid dienone is 1. The van der Waals surface area contributed by atoms with Crippen molar-refractivity contribution in [2.24, 2.45) is 0 Å². The molecule has 176 valence electrons. The lowest BCUT2D eigenvalue weighted by atomic mass is 9.96. The fourth-order valence-electron chi connectivity index (χ4n) is 4.23. The Morgan fingerprint density at radius 1 is 1.36 bits per heavy atom. The molecule has 2 amide bonds. The van der Waals surface area contributed by atoms with Crippen LogP contribution in [0.1, 0.15) is 38.9 Å². The van der Waals surface area contributed by atoms with Gasteiger partial charge in [0.15, 0.2) is 15.0 Å². The highest BCUT2D eigenvalue weighted by Crippen LogP contribution is 2.39. The number of carbonyl (C=O) groups excluding carboxylic acids is 2. The smallest absolute Gasteiger partial charge is 0.250 e. The quantitative estimate of drug-likeness (QED) is 0.490. The summed E-state index contributed by atoms with van der Waals surface area (Å²) in [5.74, 6) is 0.0777. The topological polar surface area (TPSA) is 114 Å². The Hall–Kier alpha value is -2.66. The van der Waals surface area contributed by atoms with E-state index in [1.807, 2.05) is 16.7 Å². The van der Waals surface area contributed by atoms with Gasteiger partial charge in [0.2, 0.25) is 11.8 Å². The van der Waals surface area contributed by atoms with Crippen LogP contribution < -0.4 is 10.2 Å². The molecule has 0 bridgehead atoms. The van der Waals surface area contributed by atoms with E-state index < -0.39 is 20.6 Å². The molecule has 2 aliphatic heterocycles. The summed E-state index contributed by atoms with van der Waals surface area (Å²) in [5, 5.41) is 11.4. The van der Waals surface area contributed by atoms with Gasteiger partial charge < -0.3 is 9.88 Å². The summed E-state index contributed by atoms with van der Waals surface area (Å²) in [6.07, 6.45) is 2.20. The average Bonchev–Trinajstić information content (AvgIpc) is 3.31. The minimum Gasteiger partial charge on any atom is -0.322 e. The Morgan fingerprint density at radius 3 is 2.76 bits per heavy atom. The molecule has 9 nitrogen and oxygen atoms in total. The number of anilines is 2. The molecule has 3 heterocycles. The van der Waals surface area contributed by atoms with E-state index in [9.17, 15) is 18.0 Å². The van der Waals surface area contributed by atoms with Crippen LogP contribution in [0, 0.1) is 0 Å². The molecule has 2 atom stereocenters. The maximum absolute atomic E-state index is 13.6. The van der Waals surface area contributed by atoms with Crippen molar-refractivity contribution in [2.45, 2.75) is 55.6 Å². The maximum atomic E-state index is 13.6. The number of aromatic nitrogens is 3. The molecule has 0 radical (unpaired) electrons. The molecule has 0 saturated carbocycles. The molecule has 2 unspecified atom stereocenters. The van der Waals surface area contributed by atoms with Crippen molar-refractivity contribution in [2.75, 3.05) is 21.7 Å². The van der Waals surface area contributed by atoms with E-state index in [1.54, 1.807) is 39.0 Å². The fraction of sp³-hybridized carbons (Fsp3) is 0.455. The first-order valence-electron chi connectivity index (χ1n) is 10.7. The van der Waals surface area contributed by atoms with Gasteiger partial charge in [-0.3, -0.25) is 14.5 Å². The van der Waals surface area contributed by atoms with Gasteiger partial charge in [0, 0.05) is 12.5 Å². The molecule has 4 rings (SSSR count). The fourth-order valence-corrected chi connectivity index (χ4v) is 6.87. The number of nitrogens with zero attached hydrogens (tertiary/aromatic N) is 4. The first kappa shape index (κ1) is 23.5. The Labute approximate surface area is 197 Å². The van der Waals surface area contributed by atoms with Gasteiger partial charge >= 0.3 is 0 Å². The molecule has 1 aromatic carbocycles. The van der Waals surface area contributed by atoms with Crippen LogP contribution in [0.15, 0.2) is 42.1 Å². The highest BCUT2D eigenvalue weighted by atomic mass is 32.2. The number of amides is 2. The third kappa shape index (κ3) is 4.31. The van der Waals surface area contributed by atoms with Crippen molar-refractivity contribution in [3.8, 4) is 0 Å². The van der Waals surface area contributed by atoms with Gasteiger partial charge in [-0.2, -0.15) is 0 Å². The zero-order valence-electron chi connectivity index (χ0n) is 18.8. The molecule has 0 spiro atoms. The number of carbonyl (C=O) groups is 2. The van der Waals surface area contributed by atoms with Crippen LogP contribution in [0.4, 0.5) is 11.4 Å². The summed E-state index contributed by atoms with van der Waals surface area (Å²) >= 11 is 1.24. The lowest BCUT2D eigenvalue weighted by Crippen LogP contribution is -2.60. The minimum absolute atomic E-state index is 0.0509. The summed E-state index contributed by atoms with van der Waals surface area (Å²) in [7, 11) is -3.08. The predicted molar refractivity (Wildman–Crippen MR) is 128 cm³/mol. The number of sulfone groups is 1. The van der Waals surface area contributed by atoms with Gasteiger partial charge in [0.1, 0.15) is 11.4 Å². The number of fused-ring (bicyclic) bond motifs is 1. The molecular weight excluding hydrogens is 462 g/mol. The Morgan fingerprint density at radius 2 is 2.09 bits per heavy atom. The first-order chi connectivity index (χ1) is 15.5. The van der Waals surface area contributed by atoms with Crippen LogP contribution in [0.2, 0.25) is 0 Å². The molecule has 11 heteroatoms. The molecule has 1 fully saturated rings. The first-order valence-corrected chi connectivity index (χ1v) is 13.4. The molecule has 1 saturated heterocycles. The zero-order chi connectivity index (χ0) is 24.0. The second kappa shape index (κ2) is 8.60. The second-order valence-electron chi connectivity index (χ2n) is 8.80. The molecule has 2 aromatic rings. The third-order valence-corrected chi connectivity index (χ3v) is 8.85. The highest BCUT2D eigenvalue weighted by molar-refractivity contribution is 8.00. The van der Waals surface area contributed by atoms with Crippen molar-refractivity contribution >= 4 is 44.8 Å². The largest absolute Gasteiger partial charge is 0.322 e. The van der Waals surface area contributed by atoms with Crippen LogP contribution in [-0.2, 0) is 26.0 Å². The zero-order valence-corrected chi connectivity index (χ0v) is 20.4. The van der Waals surface area contributed by atoms with Crippen LogP contribution in [0.3, 0.4) is 0 Å². The molecule has 2 aliphatic rings. The number of hydrogen-bond donors (Lipinski definition) is 1. The van der Waals surface area contributed by atoms with Gasteiger partial charge in [-0.15, -0.1) is 16.8 Å². The van der Waals surface area contributed by atoms with E-state index in [2.05, 4.69) is 22.1 Å². The third-order valence-electron chi connectivity index (χ3n) is 6.01. The second-order valence-corrected chi connectivity index (χ2v) is 12.3. The Balaban J connectivity index is 1.62. The summed E-state index contributed by atoms with van der Waals surface area (Å²) < 4.78 is 25.7. The Kier molecular flexibility index (Phi) is 6.12. The molecule has 1 N–H and O–H groups in total. The summed E-state index contributed by atoms with van der Waals surface area (Å²) in [6, 6.07) is 7.21. The minimum atomic E-state index is -3.08. The van der Waals surface area contributed by atoms with Crippen molar-refractivity contribution in [1.82, 2.24) is 14.8 Å². The number of hydrogen-bond acceptors (Lipinski definition) is 7. The van der Waals surface area contributed by atoms with Gasteiger partial charge in [-0.25, -0.2) is 8.42 Å². The van der Waals surface area contributed by atoms with E-state index >= 15 is 0 Å². The summed E-state index contributed by atoms with van der Waals surface area (Å²) in [4.78, 5) is 27.9. The van der Waals surface area contributed by atoms with E-state index in [0.29, 0.717) is 35.3 Å². The van der Waals surface area contributed by atoms with Gasteiger partial charge in [-0.1, -0.05) is 30.0 Å². The maximum Gasteiger partial charge on any atom is 0.250 e. The molecule has 1 aromatic heterocycles. The van der Waals surface area contributed by atoms with Gasteiger partial charge in [0.05, 0.1) is 28.1 Å². The predicted octanol–water partition coefficient (Wildman–Crippen LogP) is 2.61. The Bertz CT molecular complexity index is 1220. The van der Waals surface area contributed by atoms with Crippen LogP contribution in [-0.4, -0.2) is 57.3 Å². The normalized spacial score (nSPS) is 21.8. The van der Waals surface area contributed by atoms with Crippen molar-refractivity contribution in [1.29, 1.82) is 0 Å². The highest BCUT2D eigenvalue weighted by Gasteiger charge is 2.45. The molecule has 0 aliphatic carbocycles. The standard InChI is InChI=1S/C22H27N5O4S2/c1-5-11-26-18(15-10-12-33(30,31)13-15)24-25-21(26)32-14(2)19(28)27-17-9-7-6-8-16(17)23-20(29)22(27,3)4/h5-9,14-15H,1,10-13H2,2-4H3,(H,23,29). The number of benzene rings is 1. The number of nitrogens with one attached hydrogen (secondary N) is 1. The average molecular weight is 490 g/mol. The lowest BCUT2D eigenvalue weighted by Gasteiger charge is -2.43. The van der Waals surface area contributed by atoms with Crippen molar-refractivity contribution in [3.63, 3.8) is 0 Å². The molecular formula is C22H27N5O4S2. The van der Waals surface area contributed by atoms with E-state index in [-0.39, 0.29) is 29.2 Å². The summed E-state index contributed by atoms with van der Waals surface area (Å²) in [5.41, 5.74) is 0.161. The van der Waals surface area contributed by atoms with Crippen molar-refractivity contribution < 1.29 is 18.0 Å². The monoisotopic (exact) mass is 489 g/mol. The number of para-hydroxylation sites is 2. The van der Waals surface area contributed by atoms with Crippen LogP contribution in [0.5, 0.6) is 0 Å². The van der Waals surface area contributed by atoms with Crippen LogP contribution in [0.25, 0.3) is 0 Å². The molecule has 33 heavy (non-hydrogen) atoms. The number of thioether (sulfide) groups is 1. The van der Waals surface area contributed by atoms with Crippen molar-refractivity contribution in [3.05, 3.63) is 42.7 Å². The van der Waals surface area contributed by atoms with E-state index in [1.165, 1.54) is 16.7 Å².